The van der Waals surface area contributed by atoms with Crippen LogP contribution in [0.25, 0.3) is 0 Å². The number of piperidine rings is 1. The van der Waals surface area contributed by atoms with Crippen LogP contribution in [0.4, 0.5) is 5.69 Å². The van der Waals surface area contributed by atoms with Gasteiger partial charge in [0.25, 0.3) is 0 Å². The summed E-state index contributed by atoms with van der Waals surface area (Å²) in [7, 11) is 1.81. The van der Waals surface area contributed by atoms with Crippen molar-refractivity contribution in [1.82, 2.24) is 15.1 Å². The highest BCUT2D eigenvalue weighted by atomic mass is 127. The van der Waals surface area contributed by atoms with Crippen molar-refractivity contribution >= 4 is 41.5 Å². The molecule has 1 N–H and O–H groups in total. The molecule has 0 bridgehead atoms. The molecule has 2 saturated heterocycles. The molecule has 1 unspecified atom stereocenters. The third kappa shape index (κ3) is 4.62. The predicted molar refractivity (Wildman–Crippen MR) is 125 cm³/mol. The number of halogens is 1. The van der Waals surface area contributed by atoms with Crippen LogP contribution in [0.1, 0.15) is 31.2 Å². The fourth-order valence-corrected chi connectivity index (χ4v) is 4.70. The SMILES string of the molecule is CN=C(NCC(=O)N1CCc2ccccc21)N1CCC(N2CCCCC2)C1.I. The van der Waals surface area contributed by atoms with Gasteiger partial charge in [-0.2, -0.15) is 0 Å². The number of aliphatic imine (C=N–C) groups is 1. The maximum Gasteiger partial charge on any atom is 0.246 e. The molecule has 1 aromatic carbocycles. The molecule has 0 saturated carbocycles. The number of fused-ring (bicyclic) bond motifs is 1. The minimum atomic E-state index is 0. The van der Waals surface area contributed by atoms with E-state index in [4.69, 9.17) is 0 Å². The van der Waals surface area contributed by atoms with E-state index in [2.05, 4.69) is 26.2 Å². The van der Waals surface area contributed by atoms with E-state index >= 15 is 0 Å². The van der Waals surface area contributed by atoms with Crippen molar-refractivity contribution in [2.24, 2.45) is 4.99 Å². The fraction of sp³-hybridized carbons (Fsp3) is 0.619. The summed E-state index contributed by atoms with van der Waals surface area (Å²) in [6.07, 6.45) is 6.16. The second-order valence-corrected chi connectivity index (χ2v) is 7.81. The van der Waals surface area contributed by atoms with E-state index < -0.39 is 0 Å². The number of hydrogen-bond donors (Lipinski definition) is 1. The standard InChI is InChI=1S/C21H31N5O.HI/c1-22-21(25-13-10-18(16-25)24-11-5-2-6-12-24)23-15-20(27)26-14-9-17-7-3-4-8-19(17)26;/h3-4,7-8,18H,2,5-6,9-16H2,1H3,(H,22,23);1H. The molecule has 154 valence electrons. The van der Waals surface area contributed by atoms with Crippen molar-refractivity contribution in [3.05, 3.63) is 29.8 Å². The van der Waals surface area contributed by atoms with Crippen LogP contribution in [0.2, 0.25) is 0 Å². The summed E-state index contributed by atoms with van der Waals surface area (Å²) in [4.78, 5) is 24.0. The maximum absolute atomic E-state index is 12.7. The van der Waals surface area contributed by atoms with Gasteiger partial charge < -0.3 is 15.1 Å². The van der Waals surface area contributed by atoms with Crippen LogP contribution in [0.15, 0.2) is 29.3 Å². The molecule has 3 aliphatic rings. The van der Waals surface area contributed by atoms with Gasteiger partial charge in [0.1, 0.15) is 0 Å². The zero-order valence-corrected chi connectivity index (χ0v) is 19.1. The Labute approximate surface area is 185 Å². The van der Waals surface area contributed by atoms with Crippen molar-refractivity contribution in [3.63, 3.8) is 0 Å². The Bertz CT molecular complexity index is 704. The van der Waals surface area contributed by atoms with Crippen molar-refractivity contribution < 1.29 is 4.79 Å². The van der Waals surface area contributed by atoms with Crippen LogP contribution in [-0.2, 0) is 11.2 Å². The van der Waals surface area contributed by atoms with Gasteiger partial charge in [0, 0.05) is 38.4 Å². The van der Waals surface area contributed by atoms with Crippen LogP contribution in [0.5, 0.6) is 0 Å². The lowest BCUT2D eigenvalue weighted by Gasteiger charge is -2.32. The van der Waals surface area contributed by atoms with Crippen LogP contribution in [0, 0.1) is 0 Å². The largest absolute Gasteiger partial charge is 0.347 e. The molecule has 2 fully saturated rings. The average molecular weight is 497 g/mol. The van der Waals surface area contributed by atoms with Gasteiger partial charge >= 0.3 is 0 Å². The molecular formula is C21H32IN5O. The number of benzene rings is 1. The van der Waals surface area contributed by atoms with Gasteiger partial charge in [0.05, 0.1) is 6.54 Å². The fourth-order valence-electron chi connectivity index (χ4n) is 4.70. The second-order valence-electron chi connectivity index (χ2n) is 7.81. The summed E-state index contributed by atoms with van der Waals surface area (Å²) < 4.78 is 0. The van der Waals surface area contributed by atoms with E-state index in [1.54, 1.807) is 0 Å². The maximum atomic E-state index is 12.7. The van der Waals surface area contributed by atoms with Gasteiger partial charge in [-0.15, -0.1) is 24.0 Å². The van der Waals surface area contributed by atoms with Crippen LogP contribution in [-0.4, -0.2) is 74.0 Å². The van der Waals surface area contributed by atoms with Crippen LogP contribution >= 0.6 is 24.0 Å². The van der Waals surface area contributed by atoms with E-state index in [0.717, 1.165) is 37.7 Å². The van der Waals surface area contributed by atoms with E-state index in [0.29, 0.717) is 12.6 Å². The van der Waals surface area contributed by atoms with Crippen LogP contribution in [0.3, 0.4) is 0 Å². The summed E-state index contributed by atoms with van der Waals surface area (Å²) in [6.45, 7) is 5.57. The lowest BCUT2D eigenvalue weighted by atomic mass is 10.1. The first-order valence-electron chi connectivity index (χ1n) is 10.3. The molecule has 28 heavy (non-hydrogen) atoms. The van der Waals surface area contributed by atoms with Crippen molar-refractivity contribution in [2.75, 3.05) is 51.2 Å². The number of amides is 1. The number of guanidine groups is 1. The zero-order valence-electron chi connectivity index (χ0n) is 16.8. The van der Waals surface area contributed by atoms with Crippen molar-refractivity contribution in [2.45, 2.75) is 38.1 Å². The third-order valence-corrected chi connectivity index (χ3v) is 6.17. The number of para-hydroxylation sites is 1. The Hall–Kier alpha value is -1.35. The van der Waals surface area contributed by atoms with Crippen LogP contribution < -0.4 is 10.2 Å². The minimum Gasteiger partial charge on any atom is -0.347 e. The highest BCUT2D eigenvalue weighted by Crippen LogP contribution is 2.27. The van der Waals surface area contributed by atoms with Crippen molar-refractivity contribution in [1.29, 1.82) is 0 Å². The Kier molecular flexibility index (Phi) is 7.56. The number of rotatable bonds is 3. The normalized spacial score (nSPS) is 22.8. The third-order valence-electron chi connectivity index (χ3n) is 6.17. The Morgan fingerprint density at radius 3 is 2.71 bits per heavy atom. The predicted octanol–water partition coefficient (Wildman–Crippen LogP) is 2.33. The van der Waals surface area contributed by atoms with E-state index in [1.165, 1.54) is 44.3 Å². The first kappa shape index (κ1) is 21.4. The number of hydrogen-bond acceptors (Lipinski definition) is 3. The first-order chi connectivity index (χ1) is 13.3. The second kappa shape index (κ2) is 9.91. The quantitative estimate of drug-likeness (QED) is 0.396. The Morgan fingerprint density at radius 2 is 1.93 bits per heavy atom. The summed E-state index contributed by atoms with van der Waals surface area (Å²) in [5.41, 5.74) is 2.32. The number of carbonyl (C=O) groups is 1. The zero-order chi connectivity index (χ0) is 18.6. The smallest absolute Gasteiger partial charge is 0.246 e. The number of anilines is 1. The van der Waals surface area contributed by atoms with E-state index in [9.17, 15) is 4.79 Å². The molecule has 0 radical (unpaired) electrons. The Morgan fingerprint density at radius 1 is 1.14 bits per heavy atom. The average Bonchev–Trinajstić information content (AvgIpc) is 3.37. The van der Waals surface area contributed by atoms with Crippen molar-refractivity contribution in [3.8, 4) is 0 Å². The molecule has 1 atom stereocenters. The molecule has 3 heterocycles. The Balaban J connectivity index is 0.00000225. The molecular weight excluding hydrogens is 465 g/mol. The summed E-state index contributed by atoms with van der Waals surface area (Å²) >= 11 is 0. The van der Waals surface area contributed by atoms with E-state index in [-0.39, 0.29) is 29.9 Å². The molecule has 7 heteroatoms. The highest BCUT2D eigenvalue weighted by Gasteiger charge is 2.30. The van der Waals surface area contributed by atoms with Gasteiger partial charge in [-0.05, 0) is 50.4 Å². The van der Waals surface area contributed by atoms with E-state index in [1.807, 2.05) is 30.1 Å². The summed E-state index contributed by atoms with van der Waals surface area (Å²) in [6, 6.07) is 8.82. The van der Waals surface area contributed by atoms with Gasteiger partial charge in [0.15, 0.2) is 5.96 Å². The number of carbonyl (C=O) groups excluding carboxylic acids is 1. The number of likely N-dealkylation sites (tertiary alicyclic amines) is 2. The molecule has 0 aromatic heterocycles. The van der Waals surface area contributed by atoms with Gasteiger partial charge in [-0.1, -0.05) is 24.6 Å². The molecule has 1 amide bonds. The minimum absolute atomic E-state index is 0. The van der Waals surface area contributed by atoms with Gasteiger partial charge in [-0.3, -0.25) is 14.7 Å². The molecule has 1 aromatic rings. The molecule has 3 aliphatic heterocycles. The summed E-state index contributed by atoms with van der Waals surface area (Å²) in [5.74, 6) is 0.975. The lowest BCUT2D eigenvalue weighted by Crippen LogP contribution is -2.47. The molecule has 0 spiro atoms. The summed E-state index contributed by atoms with van der Waals surface area (Å²) in [5, 5.41) is 3.31. The van der Waals surface area contributed by atoms with Gasteiger partial charge in [-0.25, -0.2) is 0 Å². The molecule has 0 aliphatic carbocycles. The number of nitrogens with zero attached hydrogens (tertiary/aromatic N) is 4. The topological polar surface area (TPSA) is 51.2 Å². The highest BCUT2D eigenvalue weighted by molar-refractivity contribution is 14.0. The van der Waals surface area contributed by atoms with Gasteiger partial charge in [0.2, 0.25) is 5.91 Å². The lowest BCUT2D eigenvalue weighted by molar-refractivity contribution is -0.117. The number of nitrogens with one attached hydrogen (secondary N) is 1. The molecule has 4 rings (SSSR count). The monoisotopic (exact) mass is 497 g/mol. The molecule has 6 nitrogen and oxygen atoms in total. The first-order valence-corrected chi connectivity index (χ1v) is 10.3.